The number of para-hydroxylation sites is 1. The second-order valence-electron chi connectivity index (χ2n) is 5.80. The van der Waals surface area contributed by atoms with Crippen molar-refractivity contribution in [1.82, 2.24) is 10.4 Å². The number of anilines is 1. The molecule has 5 nitrogen and oxygen atoms in total. The Morgan fingerprint density at radius 3 is 2.68 bits per heavy atom. The zero-order chi connectivity index (χ0) is 17.4. The zero-order valence-electron chi connectivity index (χ0n) is 13.4. The van der Waals surface area contributed by atoms with Crippen molar-refractivity contribution in [2.75, 3.05) is 5.32 Å². The average molecular weight is 334 g/mol. The van der Waals surface area contributed by atoms with Gasteiger partial charge in [0.2, 0.25) is 0 Å². The Bertz CT molecular complexity index is 1030. The third-order valence-electron chi connectivity index (χ3n) is 4.11. The number of hydrogen-bond acceptors (Lipinski definition) is 3. The molecule has 0 spiro atoms. The average Bonchev–Trinajstić information content (AvgIpc) is 3.11. The molecule has 2 heterocycles. The summed E-state index contributed by atoms with van der Waals surface area (Å²) < 4.78 is 13.0. The van der Waals surface area contributed by atoms with E-state index in [4.69, 9.17) is 0 Å². The van der Waals surface area contributed by atoms with Crippen molar-refractivity contribution in [3.05, 3.63) is 71.2 Å². The number of amides is 1. The first-order chi connectivity index (χ1) is 12.1. The Kier molecular flexibility index (Phi) is 3.57. The van der Waals surface area contributed by atoms with Crippen LogP contribution in [0.2, 0.25) is 0 Å². The summed E-state index contributed by atoms with van der Waals surface area (Å²) in [5.74, 6) is -0.200. The van der Waals surface area contributed by atoms with Crippen molar-refractivity contribution >= 4 is 34.4 Å². The van der Waals surface area contributed by atoms with E-state index < -0.39 is 0 Å². The molecule has 2 aromatic carbocycles. The number of nitrogens with zero attached hydrogens (tertiary/aromatic N) is 1. The van der Waals surface area contributed by atoms with E-state index in [1.165, 1.54) is 12.1 Å². The highest BCUT2D eigenvalue weighted by Crippen LogP contribution is 2.25. The van der Waals surface area contributed by atoms with Gasteiger partial charge in [-0.05, 0) is 43.3 Å². The van der Waals surface area contributed by atoms with Crippen molar-refractivity contribution in [1.29, 1.82) is 0 Å². The van der Waals surface area contributed by atoms with E-state index in [1.807, 2.05) is 37.3 Å². The molecule has 0 radical (unpaired) electrons. The van der Waals surface area contributed by atoms with E-state index >= 15 is 0 Å². The van der Waals surface area contributed by atoms with Gasteiger partial charge in [0.05, 0.1) is 5.57 Å². The Morgan fingerprint density at radius 1 is 1.12 bits per heavy atom. The predicted octanol–water partition coefficient (Wildman–Crippen LogP) is 3.55. The van der Waals surface area contributed by atoms with Crippen molar-refractivity contribution in [3.8, 4) is 0 Å². The predicted molar refractivity (Wildman–Crippen MR) is 96.6 cm³/mol. The normalized spacial score (nSPS) is 15.5. The fraction of sp³-hybridized carbons (Fsp3) is 0.0526. The van der Waals surface area contributed by atoms with Gasteiger partial charge in [0, 0.05) is 27.8 Å². The third-order valence-corrected chi connectivity index (χ3v) is 4.11. The van der Waals surface area contributed by atoms with Crippen LogP contribution in [0.3, 0.4) is 0 Å². The standard InChI is InChI=1S/C19H15FN4O/c1-11-15(14-4-2-3-5-17(14)21-11)10-16-18(23-24-19(16)25)22-13-8-6-12(20)7-9-13/h2-10,21H,1H3,(H,22,23)(H,24,25). The van der Waals surface area contributed by atoms with E-state index in [2.05, 4.69) is 20.8 Å². The van der Waals surface area contributed by atoms with E-state index in [0.29, 0.717) is 17.1 Å². The summed E-state index contributed by atoms with van der Waals surface area (Å²) in [7, 11) is 0. The number of hydrazone groups is 1. The first-order valence-corrected chi connectivity index (χ1v) is 7.82. The summed E-state index contributed by atoms with van der Waals surface area (Å²) in [6.07, 6.45) is 1.81. The molecule has 0 fully saturated rings. The molecule has 0 saturated carbocycles. The van der Waals surface area contributed by atoms with Gasteiger partial charge in [0.15, 0.2) is 5.84 Å². The molecule has 25 heavy (non-hydrogen) atoms. The minimum atomic E-state index is -0.321. The lowest BCUT2D eigenvalue weighted by atomic mass is 10.1. The fourth-order valence-corrected chi connectivity index (χ4v) is 2.86. The molecule has 4 rings (SSSR count). The minimum absolute atomic E-state index is 0.283. The molecule has 1 amide bonds. The summed E-state index contributed by atoms with van der Waals surface area (Å²) in [6.45, 7) is 1.96. The molecular formula is C19H15FN4O. The van der Waals surface area contributed by atoms with E-state index in [0.717, 1.165) is 22.2 Å². The van der Waals surface area contributed by atoms with Gasteiger partial charge in [-0.15, -0.1) is 0 Å². The monoisotopic (exact) mass is 334 g/mol. The molecular weight excluding hydrogens is 319 g/mol. The SMILES string of the molecule is Cc1[nH]c2ccccc2c1C=C1C(=O)NN=C1Nc1ccc(F)cc1. The van der Waals surface area contributed by atoms with Gasteiger partial charge in [-0.3, -0.25) is 4.79 Å². The van der Waals surface area contributed by atoms with Crippen molar-refractivity contribution in [2.24, 2.45) is 5.10 Å². The zero-order valence-corrected chi connectivity index (χ0v) is 13.4. The van der Waals surface area contributed by atoms with Gasteiger partial charge >= 0.3 is 0 Å². The van der Waals surface area contributed by atoms with Gasteiger partial charge in [-0.1, -0.05) is 18.2 Å². The molecule has 1 aromatic heterocycles. The van der Waals surface area contributed by atoms with Gasteiger partial charge in [-0.25, -0.2) is 9.82 Å². The Balaban J connectivity index is 1.72. The Labute approximate surface area is 143 Å². The summed E-state index contributed by atoms with van der Waals surface area (Å²) in [4.78, 5) is 15.5. The van der Waals surface area contributed by atoms with Crippen LogP contribution in [-0.2, 0) is 4.79 Å². The molecule has 0 atom stereocenters. The number of rotatable bonds is 2. The van der Waals surface area contributed by atoms with E-state index in [9.17, 15) is 9.18 Å². The molecule has 1 aliphatic heterocycles. The van der Waals surface area contributed by atoms with E-state index in [1.54, 1.807) is 12.1 Å². The first-order valence-electron chi connectivity index (χ1n) is 7.82. The number of aryl methyl sites for hydroxylation is 1. The molecule has 0 unspecified atom stereocenters. The molecule has 6 heteroatoms. The maximum absolute atomic E-state index is 13.0. The second kappa shape index (κ2) is 5.90. The maximum atomic E-state index is 13.0. The number of amidine groups is 1. The highest BCUT2D eigenvalue weighted by atomic mass is 19.1. The molecule has 0 bridgehead atoms. The van der Waals surface area contributed by atoms with Crippen LogP contribution in [0.25, 0.3) is 17.0 Å². The topological polar surface area (TPSA) is 69.3 Å². The molecule has 0 saturated heterocycles. The quantitative estimate of drug-likeness (QED) is 0.627. The summed E-state index contributed by atoms with van der Waals surface area (Å²) in [5, 5.41) is 8.13. The number of aromatic amines is 1. The number of aromatic nitrogens is 1. The lowest BCUT2D eigenvalue weighted by molar-refractivity contribution is -0.116. The van der Waals surface area contributed by atoms with Crippen LogP contribution in [0, 0.1) is 12.7 Å². The van der Waals surface area contributed by atoms with Crippen molar-refractivity contribution in [2.45, 2.75) is 6.92 Å². The van der Waals surface area contributed by atoms with Crippen LogP contribution < -0.4 is 10.7 Å². The van der Waals surface area contributed by atoms with Gasteiger partial charge in [0.1, 0.15) is 5.82 Å². The lowest BCUT2D eigenvalue weighted by Crippen LogP contribution is -2.17. The summed E-state index contributed by atoms with van der Waals surface area (Å²) in [5.41, 5.74) is 6.46. The van der Waals surface area contributed by atoms with Crippen molar-refractivity contribution < 1.29 is 9.18 Å². The smallest absolute Gasteiger partial charge is 0.275 e. The van der Waals surface area contributed by atoms with Gasteiger partial charge in [0.25, 0.3) is 5.91 Å². The number of H-pyrrole nitrogens is 1. The third kappa shape index (κ3) is 2.78. The van der Waals surface area contributed by atoms with Crippen LogP contribution in [0.5, 0.6) is 0 Å². The van der Waals surface area contributed by atoms with Crippen molar-refractivity contribution in [3.63, 3.8) is 0 Å². The Hall–Kier alpha value is -3.41. The molecule has 0 aliphatic carbocycles. The number of halogens is 1. The van der Waals surface area contributed by atoms with Crippen LogP contribution in [0.15, 0.2) is 59.2 Å². The Morgan fingerprint density at radius 2 is 1.88 bits per heavy atom. The largest absolute Gasteiger partial charge is 0.358 e. The number of carbonyl (C=O) groups is 1. The number of benzene rings is 2. The summed E-state index contributed by atoms with van der Waals surface area (Å²) >= 11 is 0. The maximum Gasteiger partial charge on any atom is 0.275 e. The summed E-state index contributed by atoms with van der Waals surface area (Å²) in [6, 6.07) is 13.8. The van der Waals surface area contributed by atoms with Crippen LogP contribution in [0.4, 0.5) is 10.1 Å². The van der Waals surface area contributed by atoms with E-state index in [-0.39, 0.29) is 11.7 Å². The molecule has 124 valence electrons. The molecule has 3 aromatic rings. The minimum Gasteiger partial charge on any atom is -0.358 e. The lowest BCUT2D eigenvalue weighted by Gasteiger charge is -2.06. The van der Waals surface area contributed by atoms with Crippen LogP contribution in [0.1, 0.15) is 11.3 Å². The number of carbonyl (C=O) groups excluding carboxylic acids is 1. The molecule has 3 N–H and O–H groups in total. The number of nitrogens with one attached hydrogen (secondary N) is 3. The second-order valence-corrected chi connectivity index (χ2v) is 5.80. The van der Waals surface area contributed by atoms with Gasteiger partial charge < -0.3 is 10.3 Å². The van der Waals surface area contributed by atoms with Gasteiger partial charge in [-0.2, -0.15) is 5.10 Å². The van der Waals surface area contributed by atoms with Crippen LogP contribution >= 0.6 is 0 Å². The van der Waals surface area contributed by atoms with Crippen LogP contribution in [-0.4, -0.2) is 16.7 Å². The first kappa shape index (κ1) is 15.1. The molecule has 1 aliphatic rings. The fourth-order valence-electron chi connectivity index (χ4n) is 2.86. The number of fused-ring (bicyclic) bond motifs is 1. The highest BCUT2D eigenvalue weighted by molar-refractivity contribution is 6.31. The number of hydrogen-bond donors (Lipinski definition) is 3. The highest BCUT2D eigenvalue weighted by Gasteiger charge is 2.23.